The van der Waals surface area contributed by atoms with Crippen molar-refractivity contribution in [1.29, 1.82) is 0 Å². The molecule has 24 heavy (non-hydrogen) atoms. The highest BCUT2D eigenvalue weighted by Gasteiger charge is 2.21. The molecule has 0 bridgehead atoms. The van der Waals surface area contributed by atoms with E-state index in [9.17, 15) is 4.79 Å². The van der Waals surface area contributed by atoms with Crippen molar-refractivity contribution in [2.45, 2.75) is 46.1 Å². The maximum atomic E-state index is 12.6. The lowest BCUT2D eigenvalue weighted by molar-refractivity contribution is -0.119. The number of carbonyl (C=O) groups excluding carboxylic acids is 1. The lowest BCUT2D eigenvalue weighted by atomic mass is 10.1. The highest BCUT2D eigenvalue weighted by Crippen LogP contribution is 2.25. The molecule has 0 aliphatic heterocycles. The summed E-state index contributed by atoms with van der Waals surface area (Å²) in [5.41, 5.74) is 10.4. The maximum Gasteiger partial charge on any atom is 0.243 e. The van der Waals surface area contributed by atoms with Crippen LogP contribution in [0.4, 0.5) is 5.69 Å². The SMILES string of the molecule is Cc1cccc(C)c1N(CCCCc1ccncc1)C(=O)C(C)N. The van der Waals surface area contributed by atoms with Crippen LogP contribution >= 0.6 is 0 Å². The number of anilines is 1. The highest BCUT2D eigenvalue weighted by molar-refractivity contribution is 5.98. The molecule has 1 amide bonds. The van der Waals surface area contributed by atoms with E-state index in [1.54, 1.807) is 6.92 Å². The van der Waals surface area contributed by atoms with Gasteiger partial charge in [-0.25, -0.2) is 0 Å². The predicted molar refractivity (Wildman–Crippen MR) is 99.1 cm³/mol. The Labute approximate surface area is 144 Å². The molecule has 1 aromatic carbocycles. The first-order valence-electron chi connectivity index (χ1n) is 8.52. The van der Waals surface area contributed by atoms with Gasteiger partial charge in [0.15, 0.2) is 0 Å². The number of benzene rings is 1. The summed E-state index contributed by atoms with van der Waals surface area (Å²) in [6.07, 6.45) is 6.59. The van der Waals surface area contributed by atoms with Gasteiger partial charge < -0.3 is 10.6 Å². The van der Waals surface area contributed by atoms with Crippen LogP contribution in [0.3, 0.4) is 0 Å². The minimum Gasteiger partial charge on any atom is -0.320 e. The molecule has 0 spiro atoms. The molecule has 1 unspecified atom stereocenters. The van der Waals surface area contributed by atoms with E-state index in [1.807, 2.05) is 61.5 Å². The summed E-state index contributed by atoms with van der Waals surface area (Å²) in [7, 11) is 0. The number of pyridine rings is 1. The molecule has 0 radical (unpaired) electrons. The molecule has 2 N–H and O–H groups in total. The van der Waals surface area contributed by atoms with Crippen LogP contribution < -0.4 is 10.6 Å². The van der Waals surface area contributed by atoms with Crippen LogP contribution in [0.1, 0.15) is 36.5 Å². The Bertz CT molecular complexity index is 648. The third kappa shape index (κ3) is 4.65. The topological polar surface area (TPSA) is 59.2 Å². The lowest BCUT2D eigenvalue weighted by Crippen LogP contribution is -2.43. The number of nitrogens with zero attached hydrogens (tertiary/aromatic N) is 2. The summed E-state index contributed by atoms with van der Waals surface area (Å²) in [5, 5.41) is 0. The number of carbonyl (C=O) groups is 1. The van der Waals surface area contributed by atoms with Gasteiger partial charge in [-0.3, -0.25) is 9.78 Å². The van der Waals surface area contributed by atoms with E-state index in [1.165, 1.54) is 5.56 Å². The maximum absolute atomic E-state index is 12.6. The quantitative estimate of drug-likeness (QED) is 0.794. The number of unbranched alkanes of at least 4 members (excludes halogenated alkanes) is 1. The fourth-order valence-corrected chi connectivity index (χ4v) is 2.96. The van der Waals surface area contributed by atoms with Crippen molar-refractivity contribution in [3.8, 4) is 0 Å². The Hall–Kier alpha value is -2.20. The monoisotopic (exact) mass is 325 g/mol. The molecule has 1 atom stereocenters. The number of hydrogen-bond donors (Lipinski definition) is 1. The number of hydrogen-bond acceptors (Lipinski definition) is 3. The van der Waals surface area contributed by atoms with Gasteiger partial charge in [-0.15, -0.1) is 0 Å². The van der Waals surface area contributed by atoms with Crippen LogP contribution in [0.2, 0.25) is 0 Å². The summed E-state index contributed by atoms with van der Waals surface area (Å²) in [6.45, 7) is 6.53. The average molecular weight is 325 g/mol. The van der Waals surface area contributed by atoms with Crippen LogP contribution in [0.5, 0.6) is 0 Å². The molecule has 1 aromatic heterocycles. The van der Waals surface area contributed by atoms with Crippen LogP contribution in [-0.4, -0.2) is 23.5 Å². The van der Waals surface area contributed by atoms with Gasteiger partial charge in [0.2, 0.25) is 5.91 Å². The van der Waals surface area contributed by atoms with Crippen LogP contribution in [0, 0.1) is 13.8 Å². The Balaban J connectivity index is 2.06. The Morgan fingerprint density at radius 2 is 1.75 bits per heavy atom. The number of amides is 1. The Morgan fingerprint density at radius 1 is 1.12 bits per heavy atom. The molecule has 0 aliphatic rings. The number of rotatable bonds is 7. The standard InChI is InChI=1S/C20H27N3O/c1-15-7-6-8-16(2)19(15)23(20(24)17(3)21)14-5-4-9-18-10-12-22-13-11-18/h6-8,10-13,17H,4-5,9,14,21H2,1-3H3. The fourth-order valence-electron chi connectivity index (χ4n) is 2.96. The predicted octanol–water partition coefficient (Wildman–Crippen LogP) is 3.40. The summed E-state index contributed by atoms with van der Waals surface area (Å²) in [6, 6.07) is 9.68. The van der Waals surface area contributed by atoms with E-state index in [0.717, 1.165) is 36.1 Å². The zero-order valence-electron chi connectivity index (χ0n) is 14.8. The smallest absolute Gasteiger partial charge is 0.243 e. The molecule has 0 fully saturated rings. The van der Waals surface area contributed by atoms with Gasteiger partial charge in [0.1, 0.15) is 0 Å². The van der Waals surface area contributed by atoms with Crippen LogP contribution in [0.25, 0.3) is 0 Å². The molecule has 0 saturated carbocycles. The second kappa shape index (κ2) is 8.60. The van der Waals surface area contributed by atoms with Crippen molar-refractivity contribution in [2.24, 2.45) is 5.73 Å². The molecule has 4 heteroatoms. The average Bonchev–Trinajstić information content (AvgIpc) is 2.57. The fraction of sp³-hybridized carbons (Fsp3) is 0.400. The van der Waals surface area contributed by atoms with Crippen molar-refractivity contribution in [3.63, 3.8) is 0 Å². The Morgan fingerprint density at radius 3 is 2.33 bits per heavy atom. The van der Waals surface area contributed by atoms with E-state index in [4.69, 9.17) is 5.73 Å². The zero-order valence-corrected chi connectivity index (χ0v) is 14.8. The van der Waals surface area contributed by atoms with Crippen molar-refractivity contribution >= 4 is 11.6 Å². The molecule has 4 nitrogen and oxygen atoms in total. The summed E-state index contributed by atoms with van der Waals surface area (Å²) in [5.74, 6) is -0.0173. The van der Waals surface area contributed by atoms with Crippen LogP contribution in [-0.2, 0) is 11.2 Å². The van der Waals surface area contributed by atoms with E-state index >= 15 is 0 Å². The van der Waals surface area contributed by atoms with Gasteiger partial charge in [0, 0.05) is 24.6 Å². The van der Waals surface area contributed by atoms with Gasteiger partial charge in [0.05, 0.1) is 6.04 Å². The summed E-state index contributed by atoms with van der Waals surface area (Å²) in [4.78, 5) is 18.5. The van der Waals surface area contributed by atoms with Gasteiger partial charge in [-0.2, -0.15) is 0 Å². The van der Waals surface area contributed by atoms with Crippen molar-refractivity contribution in [2.75, 3.05) is 11.4 Å². The molecular weight excluding hydrogens is 298 g/mol. The van der Waals surface area contributed by atoms with Gasteiger partial charge in [-0.05, 0) is 68.9 Å². The first-order chi connectivity index (χ1) is 11.5. The van der Waals surface area contributed by atoms with E-state index in [0.29, 0.717) is 6.54 Å². The van der Waals surface area contributed by atoms with Crippen molar-refractivity contribution in [1.82, 2.24) is 4.98 Å². The lowest BCUT2D eigenvalue weighted by Gasteiger charge is -2.28. The van der Waals surface area contributed by atoms with E-state index < -0.39 is 6.04 Å². The van der Waals surface area contributed by atoms with Gasteiger partial charge in [-0.1, -0.05) is 18.2 Å². The molecule has 2 rings (SSSR count). The first-order valence-corrected chi connectivity index (χ1v) is 8.52. The number of aromatic nitrogens is 1. The number of para-hydroxylation sites is 1. The van der Waals surface area contributed by atoms with Gasteiger partial charge >= 0.3 is 0 Å². The summed E-state index contributed by atoms with van der Waals surface area (Å²) >= 11 is 0. The first kappa shape index (κ1) is 18.1. The number of nitrogens with two attached hydrogens (primary N) is 1. The zero-order chi connectivity index (χ0) is 17.5. The van der Waals surface area contributed by atoms with E-state index in [-0.39, 0.29) is 5.91 Å². The molecule has 1 heterocycles. The minimum absolute atomic E-state index is 0.0173. The van der Waals surface area contributed by atoms with Gasteiger partial charge in [0.25, 0.3) is 0 Å². The molecule has 0 aliphatic carbocycles. The normalized spacial score (nSPS) is 12.0. The third-order valence-electron chi connectivity index (χ3n) is 4.21. The van der Waals surface area contributed by atoms with Crippen LogP contribution in [0.15, 0.2) is 42.7 Å². The summed E-state index contributed by atoms with van der Waals surface area (Å²) < 4.78 is 0. The molecule has 128 valence electrons. The third-order valence-corrected chi connectivity index (χ3v) is 4.21. The van der Waals surface area contributed by atoms with Crippen molar-refractivity contribution in [3.05, 3.63) is 59.4 Å². The molecule has 0 saturated heterocycles. The van der Waals surface area contributed by atoms with Crippen molar-refractivity contribution < 1.29 is 4.79 Å². The minimum atomic E-state index is -0.496. The van der Waals surface area contributed by atoms with E-state index in [2.05, 4.69) is 4.98 Å². The second-order valence-corrected chi connectivity index (χ2v) is 6.33. The second-order valence-electron chi connectivity index (χ2n) is 6.33. The molecular formula is C20H27N3O. The largest absolute Gasteiger partial charge is 0.320 e. The number of aryl methyl sites for hydroxylation is 3. The Kier molecular flexibility index (Phi) is 6.50. The molecule has 2 aromatic rings. The highest BCUT2D eigenvalue weighted by atomic mass is 16.2.